The molecule has 2 aliphatic carbocycles. The molecule has 0 bridgehead atoms. The zero-order chi connectivity index (χ0) is 24.0. The molecule has 0 saturated heterocycles. The fraction of sp³-hybridized carbons (Fsp3) is 0.613. The Hall–Kier alpha value is -2.34. The van der Waals surface area contributed by atoms with Crippen molar-refractivity contribution in [3.8, 4) is 6.07 Å². The summed E-state index contributed by atoms with van der Waals surface area (Å²) in [6, 6.07) is 11.3. The van der Waals surface area contributed by atoms with E-state index in [0.29, 0.717) is 11.8 Å². The van der Waals surface area contributed by atoms with Crippen molar-refractivity contribution in [3.05, 3.63) is 59.7 Å². The molecule has 0 amide bonds. The molecule has 3 heteroatoms. The summed E-state index contributed by atoms with van der Waals surface area (Å²) >= 11 is 0. The third-order valence-electron chi connectivity index (χ3n) is 7.82. The monoisotopic (exact) mass is 461 g/mol. The van der Waals surface area contributed by atoms with Crippen LogP contribution >= 0.6 is 0 Å². The van der Waals surface area contributed by atoms with E-state index in [1.54, 1.807) is 6.08 Å². The van der Waals surface area contributed by atoms with Crippen molar-refractivity contribution in [2.45, 2.75) is 109 Å². The van der Waals surface area contributed by atoms with Crippen LogP contribution in [-0.4, -0.2) is 12.1 Å². The third-order valence-corrected chi connectivity index (χ3v) is 7.82. The lowest BCUT2D eigenvalue weighted by molar-refractivity contribution is -0.157. The minimum Gasteiger partial charge on any atom is -0.462 e. The number of carbonyl (C=O) groups is 1. The normalized spacial score (nSPS) is 25.4. The number of nitrogens with zero attached hydrogens (tertiary/aromatic N) is 1. The van der Waals surface area contributed by atoms with Crippen molar-refractivity contribution in [2.75, 3.05) is 0 Å². The Balaban J connectivity index is 1.32. The molecule has 34 heavy (non-hydrogen) atoms. The van der Waals surface area contributed by atoms with E-state index in [-0.39, 0.29) is 18.0 Å². The predicted molar refractivity (Wildman–Crippen MR) is 139 cm³/mol. The van der Waals surface area contributed by atoms with Gasteiger partial charge in [0.05, 0.1) is 12.0 Å². The molecule has 0 N–H and O–H groups in total. The molecular weight excluding hydrogens is 418 g/mol. The maximum absolute atomic E-state index is 12.8. The highest BCUT2D eigenvalue weighted by Crippen LogP contribution is 2.36. The molecule has 3 rings (SSSR count). The second kappa shape index (κ2) is 14.8. The number of benzene rings is 1. The lowest BCUT2D eigenvalue weighted by Crippen LogP contribution is -2.29. The summed E-state index contributed by atoms with van der Waals surface area (Å²) < 4.78 is 5.98. The minimum atomic E-state index is 0.0554. The van der Waals surface area contributed by atoms with Crippen LogP contribution in [-0.2, 0) is 16.0 Å². The van der Waals surface area contributed by atoms with Gasteiger partial charge in [-0.15, -0.1) is 0 Å². The Labute approximate surface area is 207 Å². The number of carbonyl (C=O) groups excluding carboxylic acids is 1. The van der Waals surface area contributed by atoms with Crippen molar-refractivity contribution in [1.29, 1.82) is 5.26 Å². The van der Waals surface area contributed by atoms with E-state index in [1.165, 1.54) is 49.3 Å². The van der Waals surface area contributed by atoms with Crippen LogP contribution < -0.4 is 0 Å². The summed E-state index contributed by atoms with van der Waals surface area (Å²) in [6.45, 7) is 2.25. The van der Waals surface area contributed by atoms with Gasteiger partial charge in [-0.3, -0.25) is 4.79 Å². The first kappa shape index (κ1) is 26.3. The van der Waals surface area contributed by atoms with Crippen LogP contribution in [0.15, 0.2) is 48.6 Å². The quantitative estimate of drug-likeness (QED) is 0.144. The van der Waals surface area contributed by atoms with Crippen molar-refractivity contribution in [1.82, 2.24) is 0 Å². The fourth-order valence-electron chi connectivity index (χ4n) is 5.60. The third kappa shape index (κ3) is 8.79. The molecule has 0 heterocycles. The van der Waals surface area contributed by atoms with Crippen LogP contribution in [0.3, 0.4) is 0 Å². The Morgan fingerprint density at radius 2 is 1.74 bits per heavy atom. The largest absolute Gasteiger partial charge is 0.462 e. The second-order valence-corrected chi connectivity index (χ2v) is 10.3. The van der Waals surface area contributed by atoms with Crippen LogP contribution in [0.25, 0.3) is 0 Å². The lowest BCUT2D eigenvalue weighted by Gasteiger charge is -2.31. The highest BCUT2D eigenvalue weighted by atomic mass is 16.5. The molecule has 2 aliphatic rings. The van der Waals surface area contributed by atoms with E-state index in [1.807, 2.05) is 12.1 Å². The molecule has 3 nitrogen and oxygen atoms in total. The van der Waals surface area contributed by atoms with Crippen LogP contribution in [0, 0.1) is 23.2 Å². The number of hydrogen-bond donors (Lipinski definition) is 0. The molecule has 0 unspecified atom stereocenters. The summed E-state index contributed by atoms with van der Waals surface area (Å²) in [5.74, 6) is 1.48. The molecule has 0 spiro atoms. The maximum atomic E-state index is 12.8. The number of nitriles is 1. The number of rotatable bonds is 11. The van der Waals surface area contributed by atoms with Gasteiger partial charge in [0, 0.05) is 6.08 Å². The Morgan fingerprint density at radius 3 is 2.41 bits per heavy atom. The number of esters is 1. The van der Waals surface area contributed by atoms with Gasteiger partial charge in [-0.25, -0.2) is 0 Å². The van der Waals surface area contributed by atoms with Crippen LogP contribution in [0.2, 0.25) is 0 Å². The number of allylic oxidation sites excluding steroid dienone is 4. The molecule has 184 valence electrons. The number of hydrogen-bond acceptors (Lipinski definition) is 3. The zero-order valence-corrected chi connectivity index (χ0v) is 21.1. The van der Waals surface area contributed by atoms with E-state index >= 15 is 0 Å². The first-order valence-electron chi connectivity index (χ1n) is 13.7. The van der Waals surface area contributed by atoms with Gasteiger partial charge in [0.1, 0.15) is 6.10 Å². The average Bonchev–Trinajstić information content (AvgIpc) is 2.87. The van der Waals surface area contributed by atoms with E-state index in [4.69, 9.17) is 10.00 Å². The smallest absolute Gasteiger partial charge is 0.309 e. The molecule has 0 atom stereocenters. The summed E-state index contributed by atoms with van der Waals surface area (Å²) in [7, 11) is 0. The topological polar surface area (TPSA) is 50.1 Å². The summed E-state index contributed by atoms with van der Waals surface area (Å²) in [4.78, 5) is 12.8. The van der Waals surface area contributed by atoms with E-state index in [0.717, 1.165) is 57.8 Å². The number of unbranched alkanes of at least 4 members (excludes halogenated alkanes) is 2. The Morgan fingerprint density at radius 1 is 1.00 bits per heavy atom. The van der Waals surface area contributed by atoms with Crippen molar-refractivity contribution in [2.24, 2.45) is 11.8 Å². The standard InChI is InChI=1S/C31H43NO2/c1-2-3-7-10-25-12-16-27(17-13-25)28-20-22-30(23-21-28)34-31(33)29-18-14-26(15-19-29)11-8-5-4-6-9-24-32/h4-6,9,12-13,16-17,26,28-30H,2-3,7-8,10-11,14-15,18-23H2,1H3/t26-,28-,29-,30-. The van der Waals surface area contributed by atoms with Crippen molar-refractivity contribution in [3.63, 3.8) is 0 Å². The van der Waals surface area contributed by atoms with E-state index in [2.05, 4.69) is 37.3 Å². The lowest BCUT2D eigenvalue weighted by atomic mass is 9.79. The van der Waals surface area contributed by atoms with Gasteiger partial charge >= 0.3 is 5.97 Å². The predicted octanol–water partition coefficient (Wildman–Crippen LogP) is 8.21. The van der Waals surface area contributed by atoms with Crippen LogP contribution in [0.5, 0.6) is 0 Å². The van der Waals surface area contributed by atoms with Crippen molar-refractivity contribution < 1.29 is 9.53 Å². The van der Waals surface area contributed by atoms with Gasteiger partial charge in [0.25, 0.3) is 0 Å². The van der Waals surface area contributed by atoms with Gasteiger partial charge < -0.3 is 4.74 Å². The number of aryl methyl sites for hydroxylation is 1. The average molecular weight is 462 g/mol. The molecule has 1 aromatic rings. The fourth-order valence-corrected chi connectivity index (χ4v) is 5.60. The van der Waals surface area contributed by atoms with Gasteiger partial charge in [0.15, 0.2) is 0 Å². The molecule has 0 aliphatic heterocycles. The van der Waals surface area contributed by atoms with Crippen LogP contribution in [0.1, 0.15) is 107 Å². The summed E-state index contributed by atoms with van der Waals surface area (Å²) in [6.07, 6.45) is 23.2. The van der Waals surface area contributed by atoms with Crippen molar-refractivity contribution >= 4 is 5.97 Å². The Kier molecular flexibility index (Phi) is 11.5. The molecule has 2 fully saturated rings. The molecule has 0 aromatic heterocycles. The first-order valence-corrected chi connectivity index (χ1v) is 13.7. The maximum Gasteiger partial charge on any atom is 0.309 e. The highest BCUT2D eigenvalue weighted by Gasteiger charge is 2.30. The van der Waals surface area contributed by atoms with E-state index in [9.17, 15) is 4.79 Å². The SMILES string of the molecule is CCCCCc1ccc([C@H]2CC[C@H](OC(=O)[C@H]3CC[C@H](CCC=CC=CC#N)CC3)CC2)cc1. The van der Waals surface area contributed by atoms with Gasteiger partial charge in [0.2, 0.25) is 0 Å². The molecule has 0 radical (unpaired) electrons. The zero-order valence-electron chi connectivity index (χ0n) is 21.1. The highest BCUT2D eigenvalue weighted by molar-refractivity contribution is 5.72. The minimum absolute atomic E-state index is 0.0554. The molecular formula is C31H43NO2. The molecule has 1 aromatic carbocycles. The van der Waals surface area contributed by atoms with Gasteiger partial charge in [-0.1, -0.05) is 62.3 Å². The summed E-state index contributed by atoms with van der Waals surface area (Å²) in [5, 5.41) is 8.49. The first-order chi connectivity index (χ1) is 16.7. The summed E-state index contributed by atoms with van der Waals surface area (Å²) in [5.41, 5.74) is 2.91. The Bertz CT molecular complexity index is 816. The number of ether oxygens (including phenoxy) is 1. The second-order valence-electron chi connectivity index (χ2n) is 10.3. The van der Waals surface area contributed by atoms with Gasteiger partial charge in [-0.2, -0.15) is 5.26 Å². The molecule has 2 saturated carbocycles. The van der Waals surface area contributed by atoms with Crippen LogP contribution in [0.4, 0.5) is 0 Å². The van der Waals surface area contributed by atoms with Gasteiger partial charge in [-0.05, 0) is 100 Å². The van der Waals surface area contributed by atoms with E-state index < -0.39 is 0 Å².